The van der Waals surface area contributed by atoms with Crippen LogP contribution in [0.1, 0.15) is 19.3 Å². The molecule has 0 saturated carbocycles. The summed E-state index contributed by atoms with van der Waals surface area (Å²) in [4.78, 5) is 11.9. The molecule has 116 valence electrons. The Morgan fingerprint density at radius 3 is 2.86 bits per heavy atom. The minimum Gasteiger partial charge on any atom is -0.495 e. The molecule has 1 amide bonds. The molecule has 0 bridgehead atoms. The number of anilines is 1. The van der Waals surface area contributed by atoms with Gasteiger partial charge in [0.2, 0.25) is 5.91 Å². The Morgan fingerprint density at radius 2 is 2.29 bits per heavy atom. The first-order valence-electron chi connectivity index (χ1n) is 6.44. The molecule has 21 heavy (non-hydrogen) atoms. The van der Waals surface area contributed by atoms with Crippen molar-refractivity contribution in [2.75, 3.05) is 19.0 Å². The molecular formula is C13H16ClNO5S. The van der Waals surface area contributed by atoms with E-state index in [0.717, 1.165) is 12.8 Å². The Hall–Kier alpha value is -1.31. The highest BCUT2D eigenvalue weighted by atomic mass is 35.7. The third-order valence-electron chi connectivity index (χ3n) is 3.16. The molecule has 6 nitrogen and oxygen atoms in total. The zero-order chi connectivity index (χ0) is 15.5. The molecule has 0 aliphatic carbocycles. The van der Waals surface area contributed by atoms with E-state index in [1.807, 2.05) is 0 Å². The third kappa shape index (κ3) is 4.33. The Balaban J connectivity index is 2.15. The summed E-state index contributed by atoms with van der Waals surface area (Å²) in [5, 5.41) is 2.63. The molecule has 0 aromatic heterocycles. The van der Waals surface area contributed by atoms with Gasteiger partial charge in [-0.05, 0) is 31.0 Å². The van der Waals surface area contributed by atoms with Gasteiger partial charge < -0.3 is 14.8 Å². The number of rotatable bonds is 5. The minimum absolute atomic E-state index is 0.0871. The van der Waals surface area contributed by atoms with E-state index in [9.17, 15) is 13.2 Å². The molecule has 1 N–H and O–H groups in total. The Labute approximate surface area is 127 Å². The topological polar surface area (TPSA) is 81.7 Å². The van der Waals surface area contributed by atoms with Crippen molar-refractivity contribution in [2.45, 2.75) is 30.3 Å². The normalized spacial score (nSPS) is 18.5. The van der Waals surface area contributed by atoms with Crippen LogP contribution in [0.25, 0.3) is 0 Å². The van der Waals surface area contributed by atoms with Crippen molar-refractivity contribution < 1.29 is 22.7 Å². The second kappa shape index (κ2) is 6.64. The summed E-state index contributed by atoms with van der Waals surface area (Å²) in [6.45, 7) is 0.668. The molecule has 1 aromatic carbocycles. The molecule has 1 aliphatic rings. The van der Waals surface area contributed by atoms with Crippen LogP contribution < -0.4 is 10.1 Å². The predicted octanol–water partition coefficient (Wildman–Crippen LogP) is 2.13. The van der Waals surface area contributed by atoms with Crippen molar-refractivity contribution in [1.82, 2.24) is 0 Å². The van der Waals surface area contributed by atoms with Gasteiger partial charge in [-0.15, -0.1) is 0 Å². The van der Waals surface area contributed by atoms with Crippen LogP contribution in [0.15, 0.2) is 23.1 Å². The van der Waals surface area contributed by atoms with Crippen molar-refractivity contribution in [3.63, 3.8) is 0 Å². The minimum atomic E-state index is -3.87. The van der Waals surface area contributed by atoms with Gasteiger partial charge in [0.25, 0.3) is 9.05 Å². The second-order valence-electron chi connectivity index (χ2n) is 4.69. The molecular weight excluding hydrogens is 318 g/mol. The Morgan fingerprint density at radius 1 is 1.52 bits per heavy atom. The molecule has 2 rings (SSSR count). The number of benzene rings is 1. The average molecular weight is 334 g/mol. The first-order chi connectivity index (χ1) is 9.90. The monoisotopic (exact) mass is 333 g/mol. The molecule has 1 fully saturated rings. The summed E-state index contributed by atoms with van der Waals surface area (Å²) in [7, 11) is 2.86. The first-order valence-corrected chi connectivity index (χ1v) is 8.75. The molecule has 1 aliphatic heterocycles. The van der Waals surface area contributed by atoms with Crippen LogP contribution in [-0.4, -0.2) is 34.1 Å². The summed E-state index contributed by atoms with van der Waals surface area (Å²) < 4.78 is 33.2. The molecule has 0 spiro atoms. The fraction of sp³-hybridized carbons (Fsp3) is 0.462. The van der Waals surface area contributed by atoms with E-state index >= 15 is 0 Å². The lowest BCUT2D eigenvalue weighted by Crippen LogP contribution is -2.19. The van der Waals surface area contributed by atoms with Crippen LogP contribution in [0.4, 0.5) is 5.69 Å². The summed E-state index contributed by atoms with van der Waals surface area (Å²) in [6.07, 6.45) is 1.93. The molecule has 8 heteroatoms. The summed E-state index contributed by atoms with van der Waals surface area (Å²) in [5.41, 5.74) is 0.266. The van der Waals surface area contributed by atoms with Crippen LogP contribution in [-0.2, 0) is 18.6 Å². The number of carbonyl (C=O) groups is 1. The number of ether oxygens (including phenoxy) is 2. The summed E-state index contributed by atoms with van der Waals surface area (Å²) in [5.74, 6) is 0.101. The van der Waals surface area contributed by atoms with Gasteiger partial charge in [-0.1, -0.05) is 0 Å². The number of amides is 1. The van der Waals surface area contributed by atoms with E-state index in [2.05, 4.69) is 5.32 Å². The Bertz CT molecular complexity index is 625. The molecule has 1 atom stereocenters. The highest BCUT2D eigenvalue weighted by Gasteiger charge is 2.20. The molecule has 1 heterocycles. The quantitative estimate of drug-likeness (QED) is 0.835. The standard InChI is InChI=1S/C13H16ClNO5S/c1-19-12-5-4-10(21(14,17)18)8-11(12)15-13(16)7-9-3-2-6-20-9/h4-5,8-9H,2-3,6-7H2,1H3,(H,15,16). The molecule has 1 unspecified atom stereocenters. The number of halogens is 1. The van der Waals surface area contributed by atoms with E-state index in [0.29, 0.717) is 12.4 Å². The average Bonchev–Trinajstić information content (AvgIpc) is 2.90. The van der Waals surface area contributed by atoms with E-state index in [4.69, 9.17) is 20.2 Å². The number of hydrogen-bond acceptors (Lipinski definition) is 5. The van der Waals surface area contributed by atoms with Gasteiger partial charge in [-0.2, -0.15) is 0 Å². The van der Waals surface area contributed by atoms with Gasteiger partial charge in [0.1, 0.15) is 5.75 Å². The van der Waals surface area contributed by atoms with Gasteiger partial charge in [0.15, 0.2) is 0 Å². The number of nitrogens with one attached hydrogen (secondary N) is 1. The second-order valence-corrected chi connectivity index (χ2v) is 7.25. The number of methoxy groups -OCH3 is 1. The Kier molecular flexibility index (Phi) is 5.08. The lowest BCUT2D eigenvalue weighted by Gasteiger charge is -2.13. The van der Waals surface area contributed by atoms with Crippen LogP contribution in [0.2, 0.25) is 0 Å². The van der Waals surface area contributed by atoms with E-state index < -0.39 is 9.05 Å². The maximum Gasteiger partial charge on any atom is 0.261 e. The zero-order valence-corrected chi connectivity index (χ0v) is 13.0. The van der Waals surface area contributed by atoms with Crippen molar-refractivity contribution in [3.05, 3.63) is 18.2 Å². The van der Waals surface area contributed by atoms with Crippen molar-refractivity contribution in [1.29, 1.82) is 0 Å². The van der Waals surface area contributed by atoms with Gasteiger partial charge in [-0.3, -0.25) is 4.79 Å². The van der Waals surface area contributed by atoms with Crippen molar-refractivity contribution in [2.24, 2.45) is 0 Å². The van der Waals surface area contributed by atoms with Gasteiger partial charge in [-0.25, -0.2) is 8.42 Å². The van der Waals surface area contributed by atoms with E-state index in [1.165, 1.54) is 25.3 Å². The SMILES string of the molecule is COc1ccc(S(=O)(=O)Cl)cc1NC(=O)CC1CCCO1. The lowest BCUT2D eigenvalue weighted by molar-refractivity contribution is -0.118. The maximum absolute atomic E-state index is 12.0. The summed E-state index contributed by atoms with van der Waals surface area (Å²) in [6, 6.07) is 4.03. The highest BCUT2D eigenvalue weighted by Crippen LogP contribution is 2.29. The summed E-state index contributed by atoms with van der Waals surface area (Å²) >= 11 is 0. The molecule has 1 aromatic rings. The van der Waals surface area contributed by atoms with Crippen LogP contribution in [0.5, 0.6) is 5.75 Å². The maximum atomic E-state index is 12.0. The van der Waals surface area contributed by atoms with Crippen molar-refractivity contribution >= 4 is 31.3 Å². The third-order valence-corrected chi connectivity index (χ3v) is 4.52. The number of carbonyl (C=O) groups excluding carboxylic acids is 1. The van der Waals surface area contributed by atoms with Crippen molar-refractivity contribution in [3.8, 4) is 5.75 Å². The highest BCUT2D eigenvalue weighted by molar-refractivity contribution is 8.13. The largest absolute Gasteiger partial charge is 0.495 e. The predicted molar refractivity (Wildman–Crippen MR) is 78.3 cm³/mol. The van der Waals surface area contributed by atoms with Crippen LogP contribution in [0, 0.1) is 0 Å². The lowest BCUT2D eigenvalue weighted by atomic mass is 10.1. The number of hydrogen-bond donors (Lipinski definition) is 1. The van der Waals surface area contributed by atoms with Gasteiger partial charge in [0, 0.05) is 17.3 Å². The van der Waals surface area contributed by atoms with Gasteiger partial charge in [0.05, 0.1) is 30.2 Å². The van der Waals surface area contributed by atoms with Crippen LogP contribution >= 0.6 is 10.7 Å². The molecule has 0 radical (unpaired) electrons. The molecule has 1 saturated heterocycles. The fourth-order valence-electron chi connectivity index (χ4n) is 2.15. The van der Waals surface area contributed by atoms with Crippen LogP contribution in [0.3, 0.4) is 0 Å². The van der Waals surface area contributed by atoms with Gasteiger partial charge >= 0.3 is 0 Å². The van der Waals surface area contributed by atoms with E-state index in [-0.39, 0.29) is 29.0 Å². The zero-order valence-electron chi connectivity index (χ0n) is 11.5. The fourth-order valence-corrected chi connectivity index (χ4v) is 2.93. The smallest absolute Gasteiger partial charge is 0.261 e. The first kappa shape index (κ1) is 16.1. The van der Waals surface area contributed by atoms with E-state index in [1.54, 1.807) is 0 Å².